The summed E-state index contributed by atoms with van der Waals surface area (Å²) in [6, 6.07) is 5.98. The molecular weight excluding hydrogens is 537 g/mol. The average molecular weight is 547 g/mol. The SMILES string of the molecule is COc1c(Br)cc(Br)cc1C(=O)NC(=S)Nc1ccc(C(F)(F)F)cc1Cl. The highest BCUT2D eigenvalue weighted by Gasteiger charge is 2.31. The number of rotatable bonds is 3. The van der Waals surface area contributed by atoms with Crippen molar-refractivity contribution in [3.05, 3.63) is 55.4 Å². The standard InChI is InChI=1S/C16H10Br2ClF3N2O2S/c1-26-13-9(5-8(17)6-10(13)18)14(25)24-15(27)23-12-3-2-7(4-11(12)19)16(20,21)22/h2-6H,1H3,(H2,23,24,25,27). The van der Waals surface area contributed by atoms with E-state index in [1.54, 1.807) is 6.07 Å². The molecule has 2 aromatic carbocycles. The van der Waals surface area contributed by atoms with Crippen molar-refractivity contribution in [2.24, 2.45) is 0 Å². The van der Waals surface area contributed by atoms with Gasteiger partial charge in [-0.3, -0.25) is 10.1 Å². The number of halogens is 6. The summed E-state index contributed by atoms with van der Waals surface area (Å²) in [7, 11) is 1.41. The first-order chi connectivity index (χ1) is 12.5. The molecule has 0 aliphatic carbocycles. The molecule has 0 heterocycles. The van der Waals surface area contributed by atoms with E-state index in [1.165, 1.54) is 13.2 Å². The molecule has 2 N–H and O–H groups in total. The zero-order chi connectivity index (χ0) is 20.4. The third-order valence-corrected chi connectivity index (χ3v) is 4.79. The Bertz CT molecular complexity index is 910. The molecule has 0 fully saturated rings. The van der Waals surface area contributed by atoms with E-state index in [4.69, 9.17) is 28.6 Å². The van der Waals surface area contributed by atoms with Crippen LogP contribution in [0.25, 0.3) is 0 Å². The van der Waals surface area contributed by atoms with E-state index in [2.05, 4.69) is 42.5 Å². The highest BCUT2D eigenvalue weighted by atomic mass is 79.9. The molecule has 0 aromatic heterocycles. The Morgan fingerprint density at radius 2 is 1.89 bits per heavy atom. The quantitative estimate of drug-likeness (QED) is 0.463. The largest absolute Gasteiger partial charge is 0.495 e. The molecule has 27 heavy (non-hydrogen) atoms. The second-order valence-electron chi connectivity index (χ2n) is 5.07. The Kier molecular flexibility index (Phi) is 7.12. The van der Waals surface area contributed by atoms with Gasteiger partial charge in [0.1, 0.15) is 5.75 Å². The molecule has 0 unspecified atom stereocenters. The van der Waals surface area contributed by atoms with Crippen LogP contribution in [0, 0.1) is 0 Å². The number of carbonyl (C=O) groups excluding carboxylic acids is 1. The molecule has 0 bridgehead atoms. The van der Waals surface area contributed by atoms with Crippen molar-refractivity contribution in [3.8, 4) is 5.75 Å². The predicted octanol–water partition coefficient (Wildman–Crippen LogP) is 6.02. The normalized spacial score (nSPS) is 11.1. The minimum Gasteiger partial charge on any atom is -0.495 e. The molecule has 0 atom stereocenters. The zero-order valence-electron chi connectivity index (χ0n) is 13.4. The van der Waals surface area contributed by atoms with Crippen LogP contribution < -0.4 is 15.4 Å². The Hall–Kier alpha value is -1.36. The van der Waals surface area contributed by atoms with Gasteiger partial charge in [0.15, 0.2) is 5.11 Å². The number of anilines is 1. The summed E-state index contributed by atoms with van der Waals surface area (Å²) in [6.07, 6.45) is -4.51. The fourth-order valence-corrected chi connectivity index (χ4v) is 3.87. The van der Waals surface area contributed by atoms with Gasteiger partial charge >= 0.3 is 6.18 Å². The Morgan fingerprint density at radius 1 is 1.22 bits per heavy atom. The number of hydrogen-bond acceptors (Lipinski definition) is 3. The summed E-state index contributed by atoms with van der Waals surface area (Å²) in [5.74, 6) is -0.277. The lowest BCUT2D eigenvalue weighted by molar-refractivity contribution is -0.137. The van der Waals surface area contributed by atoms with Crippen molar-refractivity contribution in [2.75, 3.05) is 12.4 Å². The summed E-state index contributed by atoms with van der Waals surface area (Å²) in [4.78, 5) is 12.5. The van der Waals surface area contributed by atoms with Crippen LogP contribution in [0.3, 0.4) is 0 Å². The second kappa shape index (κ2) is 8.76. The number of benzene rings is 2. The summed E-state index contributed by atoms with van der Waals surface area (Å²) < 4.78 is 44.4. The van der Waals surface area contributed by atoms with Crippen LogP contribution in [0.1, 0.15) is 15.9 Å². The van der Waals surface area contributed by atoms with E-state index in [0.717, 1.165) is 18.2 Å². The molecule has 144 valence electrons. The van der Waals surface area contributed by atoms with Crippen molar-refractivity contribution < 1.29 is 22.7 Å². The van der Waals surface area contributed by atoms with E-state index in [1.807, 2.05) is 0 Å². The minimum absolute atomic E-state index is 0.123. The van der Waals surface area contributed by atoms with Gasteiger partial charge in [-0.05, 0) is 58.5 Å². The Labute approximate surface area is 179 Å². The number of amides is 1. The van der Waals surface area contributed by atoms with Gasteiger partial charge in [0.25, 0.3) is 5.91 Å². The molecule has 0 spiro atoms. The second-order valence-corrected chi connectivity index (χ2v) is 7.65. The van der Waals surface area contributed by atoms with E-state index >= 15 is 0 Å². The number of carbonyl (C=O) groups is 1. The number of ether oxygens (including phenoxy) is 1. The van der Waals surface area contributed by atoms with E-state index in [0.29, 0.717) is 14.7 Å². The van der Waals surface area contributed by atoms with Gasteiger partial charge in [-0.1, -0.05) is 27.5 Å². The van der Waals surface area contributed by atoms with Crippen molar-refractivity contribution in [1.29, 1.82) is 0 Å². The molecule has 11 heteroatoms. The van der Waals surface area contributed by atoms with Gasteiger partial charge in [-0.15, -0.1) is 0 Å². The van der Waals surface area contributed by atoms with Gasteiger partial charge in [-0.2, -0.15) is 13.2 Å². The Balaban J connectivity index is 2.16. The highest BCUT2D eigenvalue weighted by molar-refractivity contribution is 9.11. The maximum absolute atomic E-state index is 12.7. The van der Waals surface area contributed by atoms with Gasteiger partial charge in [0, 0.05) is 4.47 Å². The van der Waals surface area contributed by atoms with Gasteiger partial charge in [0.05, 0.1) is 33.4 Å². The van der Waals surface area contributed by atoms with Crippen LogP contribution in [-0.4, -0.2) is 18.1 Å². The molecular formula is C16H10Br2ClF3N2O2S. The molecule has 0 aliphatic heterocycles. The first-order valence-electron chi connectivity index (χ1n) is 7.05. The summed E-state index contributed by atoms with van der Waals surface area (Å²) in [5, 5.41) is 4.69. The fourth-order valence-electron chi connectivity index (χ4n) is 2.05. The molecule has 0 radical (unpaired) electrons. The van der Waals surface area contributed by atoms with Gasteiger partial charge in [-0.25, -0.2) is 0 Å². The third-order valence-electron chi connectivity index (χ3n) is 3.23. The first-order valence-corrected chi connectivity index (χ1v) is 9.42. The number of hydrogen-bond donors (Lipinski definition) is 2. The molecule has 2 aromatic rings. The molecule has 0 saturated heterocycles. The molecule has 0 aliphatic rings. The zero-order valence-corrected chi connectivity index (χ0v) is 18.1. The highest BCUT2D eigenvalue weighted by Crippen LogP contribution is 2.34. The smallest absolute Gasteiger partial charge is 0.416 e. The monoisotopic (exact) mass is 544 g/mol. The van der Waals surface area contributed by atoms with Crippen LogP contribution in [0.15, 0.2) is 39.3 Å². The average Bonchev–Trinajstić information content (AvgIpc) is 2.55. The van der Waals surface area contributed by atoms with Crippen LogP contribution >= 0.6 is 55.7 Å². The number of alkyl halides is 3. The van der Waals surface area contributed by atoms with Crippen molar-refractivity contribution in [1.82, 2.24) is 5.32 Å². The topological polar surface area (TPSA) is 50.4 Å². The molecule has 0 saturated carbocycles. The third kappa shape index (κ3) is 5.56. The van der Waals surface area contributed by atoms with Crippen molar-refractivity contribution >= 4 is 72.4 Å². The van der Waals surface area contributed by atoms with Crippen LogP contribution in [-0.2, 0) is 6.18 Å². The fraction of sp³-hybridized carbons (Fsp3) is 0.125. The number of nitrogens with one attached hydrogen (secondary N) is 2. The molecule has 2 rings (SSSR count). The summed E-state index contributed by atoms with van der Waals surface area (Å²) >= 11 is 17.4. The predicted molar refractivity (Wildman–Crippen MR) is 109 cm³/mol. The van der Waals surface area contributed by atoms with Crippen LogP contribution in [0.2, 0.25) is 5.02 Å². The lowest BCUT2D eigenvalue weighted by Gasteiger charge is -2.14. The van der Waals surface area contributed by atoms with E-state index in [9.17, 15) is 18.0 Å². The molecule has 4 nitrogen and oxygen atoms in total. The van der Waals surface area contributed by atoms with Crippen molar-refractivity contribution in [3.63, 3.8) is 0 Å². The van der Waals surface area contributed by atoms with Crippen LogP contribution in [0.4, 0.5) is 18.9 Å². The number of thiocarbonyl (C=S) groups is 1. The lowest BCUT2D eigenvalue weighted by atomic mass is 10.2. The maximum Gasteiger partial charge on any atom is 0.416 e. The Morgan fingerprint density at radius 3 is 2.44 bits per heavy atom. The number of methoxy groups -OCH3 is 1. The minimum atomic E-state index is -4.51. The van der Waals surface area contributed by atoms with Gasteiger partial charge in [0.2, 0.25) is 0 Å². The summed E-state index contributed by atoms with van der Waals surface area (Å²) in [6.45, 7) is 0. The first kappa shape index (κ1) is 21.9. The van der Waals surface area contributed by atoms with Crippen molar-refractivity contribution in [2.45, 2.75) is 6.18 Å². The molecule has 1 amide bonds. The van der Waals surface area contributed by atoms with E-state index < -0.39 is 17.6 Å². The summed E-state index contributed by atoms with van der Waals surface area (Å²) in [5.41, 5.74) is -0.574. The van der Waals surface area contributed by atoms with Gasteiger partial charge < -0.3 is 10.1 Å². The lowest BCUT2D eigenvalue weighted by Crippen LogP contribution is -2.34. The maximum atomic E-state index is 12.7. The van der Waals surface area contributed by atoms with Crippen LogP contribution in [0.5, 0.6) is 5.75 Å². The van der Waals surface area contributed by atoms with E-state index in [-0.39, 0.29) is 21.4 Å².